The predicted octanol–water partition coefficient (Wildman–Crippen LogP) is -0.363. The second kappa shape index (κ2) is 4.29. The Morgan fingerprint density at radius 2 is 1.94 bits per heavy atom. The maximum atomic E-state index is 11.9. The minimum Gasteiger partial charge on any atom is -0.409 e. The van der Waals surface area contributed by atoms with Crippen LogP contribution in [0.15, 0.2) is 5.16 Å². The lowest BCUT2D eigenvalue weighted by Crippen LogP contribution is -2.48. The van der Waals surface area contributed by atoms with Crippen molar-refractivity contribution in [3.05, 3.63) is 0 Å². The second-order valence-electron chi connectivity index (χ2n) is 4.58. The van der Waals surface area contributed by atoms with Gasteiger partial charge in [0.15, 0.2) is 0 Å². The first-order chi connectivity index (χ1) is 7.61. The molecule has 6 nitrogen and oxygen atoms in total. The number of aliphatic hydroxyl groups is 1. The molecule has 0 aromatic carbocycles. The summed E-state index contributed by atoms with van der Waals surface area (Å²) in [5, 5.41) is 20.8. The fourth-order valence-corrected chi connectivity index (χ4v) is 2.84. The number of hydrogen-bond acceptors (Lipinski definition) is 4. The van der Waals surface area contributed by atoms with E-state index >= 15 is 0 Å². The Labute approximate surface area is 93.7 Å². The van der Waals surface area contributed by atoms with Crippen LogP contribution in [0, 0.1) is 0 Å². The van der Waals surface area contributed by atoms with Gasteiger partial charge in [0.2, 0.25) is 5.91 Å². The summed E-state index contributed by atoms with van der Waals surface area (Å²) in [5.41, 5.74) is 5.32. The normalized spacial score (nSPS) is 34.2. The van der Waals surface area contributed by atoms with E-state index in [1.54, 1.807) is 0 Å². The van der Waals surface area contributed by atoms with Crippen LogP contribution in [0.25, 0.3) is 0 Å². The van der Waals surface area contributed by atoms with Crippen LogP contribution in [-0.4, -0.2) is 45.1 Å². The van der Waals surface area contributed by atoms with Crippen molar-refractivity contribution >= 4 is 11.7 Å². The van der Waals surface area contributed by atoms with Gasteiger partial charge in [-0.2, -0.15) is 0 Å². The summed E-state index contributed by atoms with van der Waals surface area (Å²) in [5.74, 6) is -0.162. The summed E-state index contributed by atoms with van der Waals surface area (Å²) >= 11 is 0. The fourth-order valence-electron chi connectivity index (χ4n) is 2.84. The standard InChI is InChI=1S/C10H17N3O3/c11-9(12-16)5-10(15)13-6-1-2-7(13)4-8(14)3-6/h6-8,14,16H,1-5H2,(H2,11,12). The highest BCUT2D eigenvalue weighted by Crippen LogP contribution is 2.35. The Bertz CT molecular complexity index is 304. The first kappa shape index (κ1) is 11.2. The van der Waals surface area contributed by atoms with Gasteiger partial charge in [0.25, 0.3) is 0 Å². The predicted molar refractivity (Wildman–Crippen MR) is 56.9 cm³/mol. The molecule has 4 N–H and O–H groups in total. The Morgan fingerprint density at radius 1 is 1.38 bits per heavy atom. The molecule has 16 heavy (non-hydrogen) atoms. The van der Waals surface area contributed by atoms with Crippen molar-refractivity contribution in [2.45, 2.75) is 50.3 Å². The lowest BCUT2D eigenvalue weighted by molar-refractivity contribution is -0.136. The molecule has 90 valence electrons. The molecule has 1 amide bonds. The smallest absolute Gasteiger partial charge is 0.230 e. The molecule has 0 radical (unpaired) electrons. The van der Waals surface area contributed by atoms with Crippen LogP contribution in [0.1, 0.15) is 32.1 Å². The Kier molecular flexibility index (Phi) is 3.00. The Hall–Kier alpha value is -1.30. The van der Waals surface area contributed by atoms with Gasteiger partial charge in [0, 0.05) is 12.1 Å². The molecule has 2 heterocycles. The van der Waals surface area contributed by atoms with Crippen molar-refractivity contribution in [2.24, 2.45) is 10.9 Å². The van der Waals surface area contributed by atoms with E-state index in [-0.39, 0.29) is 36.4 Å². The summed E-state index contributed by atoms with van der Waals surface area (Å²) in [6.07, 6.45) is 2.87. The van der Waals surface area contributed by atoms with Crippen molar-refractivity contribution in [3.63, 3.8) is 0 Å². The van der Waals surface area contributed by atoms with Crippen LogP contribution in [0.4, 0.5) is 0 Å². The van der Waals surface area contributed by atoms with Gasteiger partial charge in [-0.05, 0) is 25.7 Å². The number of nitrogens with zero attached hydrogens (tertiary/aromatic N) is 2. The average molecular weight is 227 g/mol. The highest BCUT2D eigenvalue weighted by atomic mass is 16.4. The number of carbonyl (C=O) groups is 1. The minimum absolute atomic E-state index is 0.0421. The summed E-state index contributed by atoms with van der Waals surface area (Å²) in [6, 6.07) is 0.264. The highest BCUT2D eigenvalue weighted by molar-refractivity contribution is 5.99. The summed E-state index contributed by atoms with van der Waals surface area (Å²) < 4.78 is 0. The van der Waals surface area contributed by atoms with Gasteiger partial charge in [-0.3, -0.25) is 4.79 Å². The van der Waals surface area contributed by atoms with E-state index in [1.165, 1.54) is 0 Å². The van der Waals surface area contributed by atoms with Crippen molar-refractivity contribution < 1.29 is 15.1 Å². The first-order valence-corrected chi connectivity index (χ1v) is 5.57. The maximum absolute atomic E-state index is 11.9. The van der Waals surface area contributed by atoms with Crippen molar-refractivity contribution in [1.29, 1.82) is 0 Å². The third kappa shape index (κ3) is 1.97. The zero-order valence-electron chi connectivity index (χ0n) is 9.04. The van der Waals surface area contributed by atoms with Crippen LogP contribution in [0.3, 0.4) is 0 Å². The molecule has 0 saturated carbocycles. The number of amidine groups is 1. The molecule has 6 heteroatoms. The zero-order chi connectivity index (χ0) is 11.7. The summed E-state index contributed by atoms with van der Waals surface area (Å²) in [7, 11) is 0. The van der Waals surface area contributed by atoms with E-state index in [9.17, 15) is 9.90 Å². The molecule has 0 aromatic rings. The van der Waals surface area contributed by atoms with Gasteiger partial charge in [-0.15, -0.1) is 0 Å². The molecule has 0 aliphatic carbocycles. The number of oxime groups is 1. The van der Waals surface area contributed by atoms with Crippen LogP contribution in [0.2, 0.25) is 0 Å². The van der Waals surface area contributed by atoms with Crippen LogP contribution in [0.5, 0.6) is 0 Å². The number of nitrogens with two attached hydrogens (primary N) is 1. The van der Waals surface area contributed by atoms with Gasteiger partial charge in [-0.25, -0.2) is 0 Å². The van der Waals surface area contributed by atoms with Crippen LogP contribution in [-0.2, 0) is 4.79 Å². The molecule has 2 fully saturated rings. The number of hydrogen-bond donors (Lipinski definition) is 3. The molecule has 0 aromatic heterocycles. The molecule has 2 atom stereocenters. The van der Waals surface area contributed by atoms with E-state index in [4.69, 9.17) is 10.9 Å². The Morgan fingerprint density at radius 3 is 2.44 bits per heavy atom. The van der Waals surface area contributed by atoms with Gasteiger partial charge < -0.3 is 20.9 Å². The number of carbonyl (C=O) groups excluding carboxylic acids is 1. The van der Waals surface area contributed by atoms with Gasteiger partial charge >= 0.3 is 0 Å². The monoisotopic (exact) mass is 227 g/mol. The molecular formula is C10H17N3O3. The lowest BCUT2D eigenvalue weighted by atomic mass is 9.99. The third-order valence-electron chi connectivity index (χ3n) is 3.46. The first-order valence-electron chi connectivity index (χ1n) is 5.57. The number of rotatable bonds is 2. The van der Waals surface area contributed by atoms with Crippen molar-refractivity contribution in [3.8, 4) is 0 Å². The van der Waals surface area contributed by atoms with Crippen LogP contribution >= 0.6 is 0 Å². The quantitative estimate of drug-likeness (QED) is 0.259. The molecule has 2 unspecified atom stereocenters. The molecule has 0 spiro atoms. The lowest BCUT2D eigenvalue weighted by Gasteiger charge is -2.37. The van der Waals surface area contributed by atoms with Gasteiger partial charge in [0.05, 0.1) is 12.5 Å². The van der Waals surface area contributed by atoms with Gasteiger partial charge in [-0.1, -0.05) is 5.16 Å². The Balaban J connectivity index is 2.03. The second-order valence-corrected chi connectivity index (χ2v) is 4.58. The van der Waals surface area contributed by atoms with E-state index in [1.807, 2.05) is 4.90 Å². The highest BCUT2D eigenvalue weighted by Gasteiger charge is 2.42. The van der Waals surface area contributed by atoms with Crippen LogP contribution < -0.4 is 5.73 Å². The average Bonchev–Trinajstić information content (AvgIpc) is 2.51. The maximum Gasteiger partial charge on any atom is 0.230 e. The number of piperidine rings is 1. The summed E-state index contributed by atoms with van der Waals surface area (Å²) in [6.45, 7) is 0. The minimum atomic E-state index is -0.287. The largest absolute Gasteiger partial charge is 0.409 e. The molecule has 2 saturated heterocycles. The SMILES string of the molecule is NC(CC(=O)N1C2CCC1CC(O)C2)=NO. The molecular weight excluding hydrogens is 210 g/mol. The van der Waals surface area contributed by atoms with E-state index in [0.717, 1.165) is 12.8 Å². The fraction of sp³-hybridized carbons (Fsp3) is 0.800. The number of fused-ring (bicyclic) bond motifs is 2. The van der Waals surface area contributed by atoms with Gasteiger partial charge in [0.1, 0.15) is 5.84 Å². The number of aliphatic hydroxyl groups excluding tert-OH is 1. The third-order valence-corrected chi connectivity index (χ3v) is 3.46. The summed E-state index contributed by atoms with van der Waals surface area (Å²) in [4.78, 5) is 13.7. The van der Waals surface area contributed by atoms with Crippen molar-refractivity contribution in [2.75, 3.05) is 0 Å². The van der Waals surface area contributed by atoms with E-state index in [0.29, 0.717) is 12.8 Å². The zero-order valence-corrected chi connectivity index (χ0v) is 9.04. The van der Waals surface area contributed by atoms with E-state index in [2.05, 4.69) is 5.16 Å². The molecule has 2 rings (SSSR count). The van der Waals surface area contributed by atoms with Crippen molar-refractivity contribution in [1.82, 2.24) is 4.90 Å². The topological polar surface area (TPSA) is 99.2 Å². The van der Waals surface area contributed by atoms with E-state index < -0.39 is 0 Å². The number of amides is 1. The molecule has 2 aliphatic heterocycles. The molecule has 2 aliphatic rings. The molecule has 2 bridgehead atoms.